The van der Waals surface area contributed by atoms with Crippen LogP contribution in [0.4, 0.5) is 0 Å². The Morgan fingerprint density at radius 2 is 2.25 bits per heavy atom. The zero-order valence-electron chi connectivity index (χ0n) is 11.7. The van der Waals surface area contributed by atoms with E-state index in [2.05, 4.69) is 25.6 Å². The Balaban J connectivity index is 2.15. The first-order valence-electron chi connectivity index (χ1n) is 6.44. The molecule has 1 amide bonds. The summed E-state index contributed by atoms with van der Waals surface area (Å²) in [4.78, 5) is 11.3. The van der Waals surface area contributed by atoms with Gasteiger partial charge in [-0.3, -0.25) is 4.79 Å². The van der Waals surface area contributed by atoms with Crippen LogP contribution in [0, 0.1) is 0 Å². The molecule has 9 heteroatoms. The highest BCUT2D eigenvalue weighted by atomic mass is 127. The van der Waals surface area contributed by atoms with Crippen molar-refractivity contribution < 1.29 is 27.9 Å². The molecular weight excluding hydrogens is 396 g/mol. The molecule has 0 aromatic carbocycles. The van der Waals surface area contributed by atoms with Crippen LogP contribution in [-0.2, 0) is 22.8 Å². The Kier molecular flexibility index (Phi) is 5.70. The SMILES string of the molecule is CC(=O)NC1[C@H]([O][AlH][I])OC2COC(C)(C)O[C@H]2[C@@H]1O. The molecule has 0 saturated carbocycles. The van der Waals surface area contributed by atoms with Crippen molar-refractivity contribution in [3.05, 3.63) is 0 Å². The number of carbonyl (C=O) groups excluding carboxylic acids is 1. The molecule has 2 aliphatic heterocycles. The van der Waals surface area contributed by atoms with Crippen molar-refractivity contribution in [3.8, 4) is 0 Å². The predicted molar refractivity (Wildman–Crippen MR) is 79.4 cm³/mol. The summed E-state index contributed by atoms with van der Waals surface area (Å²) in [6, 6.07) is -0.634. The van der Waals surface area contributed by atoms with Crippen molar-refractivity contribution in [3.63, 3.8) is 0 Å². The minimum absolute atomic E-state index is 0.244. The van der Waals surface area contributed by atoms with Crippen LogP contribution >= 0.6 is 20.3 Å². The molecule has 0 aliphatic carbocycles. The summed E-state index contributed by atoms with van der Waals surface area (Å²) >= 11 is 1.40. The molecule has 5 atom stereocenters. The largest absolute Gasteiger partial charge is 0.527 e. The van der Waals surface area contributed by atoms with E-state index < -0.39 is 48.7 Å². The lowest BCUT2D eigenvalue weighted by Gasteiger charge is -2.50. The number of hydrogen-bond donors (Lipinski definition) is 2. The van der Waals surface area contributed by atoms with E-state index in [4.69, 9.17) is 18.0 Å². The lowest BCUT2D eigenvalue weighted by Crippen LogP contribution is -2.68. The molecule has 2 fully saturated rings. The molecule has 7 nitrogen and oxygen atoms in total. The normalized spacial score (nSPS) is 39.8. The van der Waals surface area contributed by atoms with Crippen LogP contribution in [-0.4, -0.2) is 66.3 Å². The van der Waals surface area contributed by atoms with Crippen molar-refractivity contribution in [1.82, 2.24) is 5.32 Å². The molecule has 114 valence electrons. The molecule has 2 aliphatic rings. The summed E-state index contributed by atoms with van der Waals surface area (Å²) in [6.45, 7) is 5.28. The minimum Gasteiger partial charge on any atom is -0.471 e. The first-order chi connectivity index (χ1) is 9.34. The lowest BCUT2D eigenvalue weighted by atomic mass is 9.95. The van der Waals surface area contributed by atoms with Crippen molar-refractivity contribution in [2.24, 2.45) is 0 Å². The highest BCUT2D eigenvalue weighted by Crippen LogP contribution is 2.32. The molecule has 2 N–H and O–H groups in total. The third kappa shape index (κ3) is 3.84. The summed E-state index contributed by atoms with van der Waals surface area (Å²) in [5.74, 6) is -1.02. The van der Waals surface area contributed by atoms with E-state index in [0.717, 1.165) is 0 Å². The maximum atomic E-state index is 11.3. The number of aliphatic hydroxyl groups is 1. The van der Waals surface area contributed by atoms with Gasteiger partial charge in [-0.05, 0) is 13.8 Å². The molecule has 0 spiro atoms. The van der Waals surface area contributed by atoms with Gasteiger partial charge < -0.3 is 28.4 Å². The van der Waals surface area contributed by atoms with Gasteiger partial charge in [0.1, 0.15) is 24.4 Å². The summed E-state index contributed by atoms with van der Waals surface area (Å²) in [6.07, 6.45) is -2.51. The lowest BCUT2D eigenvalue weighted by molar-refractivity contribution is -0.361. The zero-order valence-corrected chi connectivity index (χ0v) is 15.2. The summed E-state index contributed by atoms with van der Waals surface area (Å²) < 4.78 is 22.6. The maximum absolute atomic E-state index is 11.3. The Hall–Kier alpha value is 0.532. The zero-order chi connectivity index (χ0) is 14.9. The quantitative estimate of drug-likeness (QED) is 0.475. The number of halogens is 1. The Morgan fingerprint density at radius 1 is 1.55 bits per heavy atom. The van der Waals surface area contributed by atoms with Gasteiger partial charge in [0, 0.05) is 6.92 Å². The molecule has 2 heterocycles. The topological polar surface area (TPSA) is 86.3 Å². The number of nitrogens with one attached hydrogen (secondary N) is 1. The maximum Gasteiger partial charge on any atom is 0.527 e. The number of fused-ring (bicyclic) bond motifs is 1. The molecular formula is C11H19AlINO6. The molecule has 20 heavy (non-hydrogen) atoms. The Bertz CT molecular complexity index is 371. The molecule has 2 unspecified atom stereocenters. The van der Waals surface area contributed by atoms with Crippen molar-refractivity contribution >= 4 is 38.5 Å². The standard InChI is InChI=1S/C11H18NO6.Al.HI.H/c1-5(13)12-7-8(14)9-6(17-10(7)15)4-16-11(2,3)18-9;;;/h6-10,14H,4H2,1-3H3,(H,12,13);;1H;/q-1;+2;;/p-1/t6?,7?,8-,9-,10-;;;/m1.../s1. The average molecular weight is 415 g/mol. The summed E-state index contributed by atoms with van der Waals surface area (Å²) in [7, 11) is 0. The van der Waals surface area contributed by atoms with Gasteiger partial charge in [-0.2, -0.15) is 20.3 Å². The van der Waals surface area contributed by atoms with Gasteiger partial charge in [-0.25, -0.2) is 0 Å². The Labute approximate surface area is 135 Å². The van der Waals surface area contributed by atoms with E-state index in [1.807, 2.05) is 0 Å². The fourth-order valence-corrected chi connectivity index (χ4v) is 3.91. The third-order valence-electron chi connectivity index (χ3n) is 3.29. The smallest absolute Gasteiger partial charge is 0.471 e. The van der Waals surface area contributed by atoms with Gasteiger partial charge in [-0.15, -0.1) is 0 Å². The van der Waals surface area contributed by atoms with Crippen molar-refractivity contribution in [2.75, 3.05) is 6.61 Å². The predicted octanol–water partition coefficient (Wildman–Crippen LogP) is -0.554. The van der Waals surface area contributed by atoms with Gasteiger partial charge >= 0.3 is 12.3 Å². The first kappa shape index (κ1) is 16.9. The van der Waals surface area contributed by atoms with Crippen molar-refractivity contribution in [2.45, 2.75) is 57.2 Å². The second-order valence-electron chi connectivity index (χ2n) is 5.33. The second kappa shape index (κ2) is 6.75. The number of hydrogen-bond acceptors (Lipinski definition) is 6. The average Bonchev–Trinajstić information content (AvgIpc) is 2.34. The fourth-order valence-electron chi connectivity index (χ4n) is 2.44. The number of carbonyl (C=O) groups is 1. The van der Waals surface area contributed by atoms with Crippen LogP contribution in [0.2, 0.25) is 0 Å². The summed E-state index contributed by atoms with van der Waals surface area (Å²) in [5, 5.41) is 13.2. The van der Waals surface area contributed by atoms with Crippen LogP contribution in [0.25, 0.3) is 0 Å². The van der Waals surface area contributed by atoms with E-state index in [1.54, 1.807) is 13.8 Å². The van der Waals surface area contributed by atoms with Gasteiger partial charge in [0.05, 0.1) is 6.61 Å². The van der Waals surface area contributed by atoms with Crippen LogP contribution in [0.3, 0.4) is 0 Å². The second-order valence-corrected chi connectivity index (χ2v) is 7.75. The van der Waals surface area contributed by atoms with E-state index in [1.165, 1.54) is 6.92 Å². The Morgan fingerprint density at radius 3 is 2.85 bits per heavy atom. The minimum atomic E-state index is -0.900. The van der Waals surface area contributed by atoms with Gasteiger partial charge in [0.25, 0.3) is 0 Å². The van der Waals surface area contributed by atoms with Gasteiger partial charge in [0.2, 0.25) is 5.91 Å². The van der Waals surface area contributed by atoms with E-state index >= 15 is 0 Å². The van der Waals surface area contributed by atoms with E-state index in [0.29, 0.717) is 6.61 Å². The molecule has 0 aromatic heterocycles. The number of aliphatic hydroxyl groups excluding tert-OH is 1. The molecule has 0 radical (unpaired) electrons. The van der Waals surface area contributed by atoms with Crippen molar-refractivity contribution in [1.29, 1.82) is 0 Å². The van der Waals surface area contributed by atoms with Crippen LogP contribution < -0.4 is 5.32 Å². The monoisotopic (exact) mass is 415 g/mol. The summed E-state index contributed by atoms with van der Waals surface area (Å²) in [5.41, 5.74) is 0. The van der Waals surface area contributed by atoms with Crippen LogP contribution in [0.5, 0.6) is 0 Å². The molecule has 2 saturated heterocycles. The first-order valence-corrected chi connectivity index (χ1v) is 12.1. The number of ether oxygens (including phenoxy) is 3. The molecule has 2 rings (SSSR count). The third-order valence-corrected chi connectivity index (χ3v) is 4.82. The van der Waals surface area contributed by atoms with Gasteiger partial charge in [0.15, 0.2) is 12.1 Å². The molecule has 0 aromatic rings. The van der Waals surface area contributed by atoms with E-state index in [-0.39, 0.29) is 5.91 Å². The number of amides is 1. The highest BCUT2D eigenvalue weighted by molar-refractivity contribution is 14.1. The molecule has 0 bridgehead atoms. The number of rotatable bonds is 3. The van der Waals surface area contributed by atoms with Crippen LogP contribution in [0.15, 0.2) is 0 Å². The fraction of sp³-hybridized carbons (Fsp3) is 0.909. The van der Waals surface area contributed by atoms with Crippen LogP contribution in [0.1, 0.15) is 20.8 Å². The van der Waals surface area contributed by atoms with E-state index in [9.17, 15) is 9.90 Å². The highest BCUT2D eigenvalue weighted by Gasteiger charge is 2.51. The van der Waals surface area contributed by atoms with Gasteiger partial charge in [-0.1, -0.05) is 0 Å².